The molecule has 2 aliphatic rings. The number of carbonyl (C=O) groups excluding carboxylic acids is 2. The first-order chi connectivity index (χ1) is 13.6. The largest absolute Gasteiger partial charge is 0.341 e. The van der Waals surface area contributed by atoms with Crippen molar-refractivity contribution in [1.29, 1.82) is 0 Å². The van der Waals surface area contributed by atoms with E-state index in [0.29, 0.717) is 37.8 Å². The van der Waals surface area contributed by atoms with Crippen molar-refractivity contribution in [1.82, 2.24) is 14.9 Å². The Morgan fingerprint density at radius 3 is 2.68 bits per heavy atom. The van der Waals surface area contributed by atoms with E-state index in [4.69, 9.17) is 0 Å². The maximum absolute atomic E-state index is 13.5. The van der Waals surface area contributed by atoms with Crippen LogP contribution in [-0.2, 0) is 9.59 Å². The maximum Gasteiger partial charge on any atom is 0.228 e. The summed E-state index contributed by atoms with van der Waals surface area (Å²) in [5.74, 6) is -0.266. The van der Waals surface area contributed by atoms with Gasteiger partial charge in [-0.05, 0) is 30.7 Å². The number of halogens is 1. The number of amides is 2. The van der Waals surface area contributed by atoms with Gasteiger partial charge in [0.1, 0.15) is 5.82 Å². The van der Waals surface area contributed by atoms with E-state index in [1.165, 1.54) is 17.0 Å². The van der Waals surface area contributed by atoms with Crippen LogP contribution in [0.4, 0.5) is 16.0 Å². The van der Waals surface area contributed by atoms with Crippen LogP contribution in [0.3, 0.4) is 0 Å². The van der Waals surface area contributed by atoms with Gasteiger partial charge in [-0.25, -0.2) is 14.4 Å². The molecule has 0 aliphatic carbocycles. The van der Waals surface area contributed by atoms with Crippen LogP contribution in [-0.4, -0.2) is 59.4 Å². The van der Waals surface area contributed by atoms with E-state index in [-0.39, 0.29) is 18.2 Å². The predicted molar refractivity (Wildman–Crippen MR) is 102 cm³/mol. The smallest absolute Gasteiger partial charge is 0.228 e. The average Bonchev–Trinajstić information content (AvgIpc) is 2.94. The molecule has 0 N–H and O–H groups in total. The molecular formula is C20H22FN5O2. The van der Waals surface area contributed by atoms with Crippen LogP contribution in [0.15, 0.2) is 42.7 Å². The summed E-state index contributed by atoms with van der Waals surface area (Å²) in [6.07, 6.45) is 4.40. The molecule has 3 heterocycles. The molecule has 2 aromatic rings. The van der Waals surface area contributed by atoms with Crippen molar-refractivity contribution in [2.45, 2.75) is 12.8 Å². The molecule has 0 bridgehead atoms. The highest BCUT2D eigenvalue weighted by atomic mass is 19.1. The molecular weight excluding hydrogens is 361 g/mol. The van der Waals surface area contributed by atoms with Gasteiger partial charge in [-0.1, -0.05) is 6.07 Å². The Labute approximate surface area is 162 Å². The lowest BCUT2D eigenvalue weighted by molar-refractivity contribution is -0.135. The van der Waals surface area contributed by atoms with Crippen molar-refractivity contribution in [2.24, 2.45) is 5.92 Å². The van der Waals surface area contributed by atoms with Crippen molar-refractivity contribution in [3.05, 3.63) is 48.5 Å². The molecule has 2 amide bonds. The first kappa shape index (κ1) is 18.3. The number of hydrogen-bond donors (Lipinski definition) is 0. The number of hydrogen-bond acceptors (Lipinski definition) is 5. The van der Waals surface area contributed by atoms with Crippen molar-refractivity contribution >= 4 is 23.5 Å². The van der Waals surface area contributed by atoms with Gasteiger partial charge in [-0.3, -0.25) is 9.59 Å². The fourth-order valence-corrected chi connectivity index (χ4v) is 3.82. The van der Waals surface area contributed by atoms with E-state index < -0.39 is 11.7 Å². The summed E-state index contributed by atoms with van der Waals surface area (Å²) in [4.78, 5) is 39.4. The van der Waals surface area contributed by atoms with Crippen molar-refractivity contribution in [3.8, 4) is 0 Å². The lowest BCUT2D eigenvalue weighted by atomic mass is 10.1. The van der Waals surface area contributed by atoms with Gasteiger partial charge in [-0.2, -0.15) is 0 Å². The number of rotatable bonds is 3. The molecule has 0 unspecified atom stereocenters. The second-order valence-corrected chi connectivity index (χ2v) is 7.10. The maximum atomic E-state index is 13.5. The monoisotopic (exact) mass is 383 g/mol. The van der Waals surface area contributed by atoms with E-state index in [0.717, 1.165) is 13.0 Å². The normalized spacial score (nSPS) is 20.4. The zero-order valence-corrected chi connectivity index (χ0v) is 15.5. The standard InChI is InChI=1S/C20H22FN5O2/c21-16-4-1-5-17(13-16)26-14-15(12-18(26)27)19(28)24-8-3-9-25(11-10-24)20-22-6-2-7-23-20/h1-2,4-7,13,15H,3,8-12,14H2/t15-/m0/s1. The third-order valence-electron chi connectivity index (χ3n) is 5.24. The molecule has 8 heteroatoms. The van der Waals surface area contributed by atoms with Crippen LogP contribution >= 0.6 is 0 Å². The summed E-state index contributed by atoms with van der Waals surface area (Å²) in [6, 6.07) is 7.71. The molecule has 2 saturated heterocycles. The van der Waals surface area contributed by atoms with Gasteiger partial charge in [0.05, 0.1) is 5.92 Å². The van der Waals surface area contributed by atoms with Crippen LogP contribution < -0.4 is 9.80 Å². The van der Waals surface area contributed by atoms with E-state index in [1.807, 2.05) is 4.90 Å². The van der Waals surface area contributed by atoms with E-state index in [9.17, 15) is 14.0 Å². The molecule has 0 saturated carbocycles. The molecule has 2 aliphatic heterocycles. The summed E-state index contributed by atoms with van der Waals surface area (Å²) >= 11 is 0. The highest BCUT2D eigenvalue weighted by molar-refractivity contribution is 6.00. The van der Waals surface area contributed by atoms with Crippen LogP contribution in [0.1, 0.15) is 12.8 Å². The van der Waals surface area contributed by atoms with Crippen LogP contribution in [0.5, 0.6) is 0 Å². The van der Waals surface area contributed by atoms with Gasteiger partial charge in [-0.15, -0.1) is 0 Å². The summed E-state index contributed by atoms with van der Waals surface area (Å²) in [7, 11) is 0. The zero-order chi connectivity index (χ0) is 19.5. The van der Waals surface area contributed by atoms with Gasteiger partial charge < -0.3 is 14.7 Å². The molecule has 1 atom stereocenters. The molecule has 1 aromatic heterocycles. The third-order valence-corrected chi connectivity index (χ3v) is 5.24. The summed E-state index contributed by atoms with van der Waals surface area (Å²) < 4.78 is 13.5. The zero-order valence-electron chi connectivity index (χ0n) is 15.5. The highest BCUT2D eigenvalue weighted by Crippen LogP contribution is 2.27. The molecule has 0 spiro atoms. The number of benzene rings is 1. The molecule has 2 fully saturated rings. The van der Waals surface area contributed by atoms with E-state index >= 15 is 0 Å². The second kappa shape index (κ2) is 7.92. The first-order valence-electron chi connectivity index (χ1n) is 9.48. The minimum atomic E-state index is -0.393. The summed E-state index contributed by atoms with van der Waals surface area (Å²) in [5.41, 5.74) is 0.503. The first-order valence-corrected chi connectivity index (χ1v) is 9.48. The molecule has 7 nitrogen and oxygen atoms in total. The quantitative estimate of drug-likeness (QED) is 0.807. The Kier molecular flexibility index (Phi) is 5.18. The Bertz CT molecular complexity index is 863. The van der Waals surface area contributed by atoms with Gasteiger partial charge in [0, 0.05) is 57.2 Å². The lowest BCUT2D eigenvalue weighted by Gasteiger charge is -2.24. The topological polar surface area (TPSA) is 69.6 Å². The number of nitrogens with zero attached hydrogens (tertiary/aromatic N) is 5. The van der Waals surface area contributed by atoms with E-state index in [2.05, 4.69) is 14.9 Å². The lowest BCUT2D eigenvalue weighted by Crippen LogP contribution is -2.40. The third kappa shape index (κ3) is 3.81. The van der Waals surface area contributed by atoms with Gasteiger partial charge in [0.25, 0.3) is 0 Å². The molecule has 146 valence electrons. The van der Waals surface area contributed by atoms with Gasteiger partial charge in [0.15, 0.2) is 0 Å². The molecule has 1 aromatic carbocycles. The van der Waals surface area contributed by atoms with Crippen LogP contribution in [0, 0.1) is 11.7 Å². The summed E-state index contributed by atoms with van der Waals surface area (Å²) in [5, 5.41) is 0. The Balaban J connectivity index is 1.40. The van der Waals surface area contributed by atoms with Gasteiger partial charge >= 0.3 is 0 Å². The van der Waals surface area contributed by atoms with Crippen molar-refractivity contribution < 1.29 is 14.0 Å². The van der Waals surface area contributed by atoms with Gasteiger partial charge in [0.2, 0.25) is 17.8 Å². The molecule has 4 rings (SSSR count). The van der Waals surface area contributed by atoms with E-state index in [1.54, 1.807) is 30.6 Å². The van der Waals surface area contributed by atoms with Crippen LogP contribution in [0.25, 0.3) is 0 Å². The SMILES string of the molecule is O=C([C@H]1CC(=O)N(c2cccc(F)c2)C1)N1CCCN(c2ncccn2)CC1. The number of anilines is 2. The number of aromatic nitrogens is 2. The predicted octanol–water partition coefficient (Wildman–Crippen LogP) is 1.71. The van der Waals surface area contributed by atoms with Crippen molar-refractivity contribution in [2.75, 3.05) is 42.5 Å². The number of carbonyl (C=O) groups is 2. The molecule has 28 heavy (non-hydrogen) atoms. The Morgan fingerprint density at radius 2 is 1.89 bits per heavy atom. The average molecular weight is 383 g/mol. The fraction of sp³-hybridized carbons (Fsp3) is 0.400. The minimum absolute atomic E-state index is 0.0110. The van der Waals surface area contributed by atoms with Crippen molar-refractivity contribution in [3.63, 3.8) is 0 Å². The Hall–Kier alpha value is -3.03. The molecule has 0 radical (unpaired) electrons. The second-order valence-electron chi connectivity index (χ2n) is 7.10. The highest BCUT2D eigenvalue weighted by Gasteiger charge is 2.37. The minimum Gasteiger partial charge on any atom is -0.341 e. The van der Waals surface area contributed by atoms with Crippen LogP contribution in [0.2, 0.25) is 0 Å². The summed E-state index contributed by atoms with van der Waals surface area (Å²) in [6.45, 7) is 2.95. The Morgan fingerprint density at radius 1 is 1.07 bits per heavy atom. The fourth-order valence-electron chi connectivity index (χ4n) is 3.82.